The number of nitrogens with one attached hydrogen (secondary N) is 1. The molecule has 0 spiro atoms. The number of amides is 1. The van der Waals surface area contributed by atoms with Gasteiger partial charge in [0.05, 0.1) is 0 Å². The highest BCUT2D eigenvalue weighted by molar-refractivity contribution is 6.31. The molecule has 2 aromatic rings. The average molecular weight is 388 g/mol. The highest BCUT2D eigenvalue weighted by Crippen LogP contribution is 2.35. The Morgan fingerprint density at radius 2 is 1.67 bits per heavy atom. The third-order valence-electron chi connectivity index (χ3n) is 4.47. The second kappa shape index (κ2) is 7.93. The molecule has 0 aliphatic carbocycles. The standard InChI is InChI=1S/C23H30ClNO2/c1-15-8-10-17(13-19(15)24)25-21(26)14-27-20-11-9-16(22(2,3)4)12-18(20)23(5,6)7/h8-13H,14H2,1-7H3,(H,25,26). The number of carbonyl (C=O) groups is 1. The summed E-state index contributed by atoms with van der Waals surface area (Å²) < 4.78 is 5.87. The minimum Gasteiger partial charge on any atom is -0.483 e. The van der Waals surface area contributed by atoms with Gasteiger partial charge in [-0.2, -0.15) is 0 Å². The summed E-state index contributed by atoms with van der Waals surface area (Å²) in [5, 5.41) is 3.45. The van der Waals surface area contributed by atoms with E-state index in [1.54, 1.807) is 6.07 Å². The Bertz CT molecular complexity index is 829. The SMILES string of the molecule is Cc1ccc(NC(=O)COc2ccc(C(C)(C)C)cc2C(C)(C)C)cc1Cl. The fraction of sp³-hybridized carbons (Fsp3) is 0.435. The fourth-order valence-electron chi connectivity index (χ4n) is 2.72. The zero-order valence-electron chi connectivity index (χ0n) is 17.4. The van der Waals surface area contributed by atoms with Crippen LogP contribution in [0, 0.1) is 6.92 Å². The van der Waals surface area contributed by atoms with Crippen LogP contribution < -0.4 is 10.1 Å². The number of benzene rings is 2. The maximum atomic E-state index is 12.3. The zero-order valence-corrected chi connectivity index (χ0v) is 18.1. The molecule has 2 aromatic carbocycles. The van der Waals surface area contributed by atoms with Crippen LogP contribution >= 0.6 is 11.6 Å². The van der Waals surface area contributed by atoms with Gasteiger partial charge in [-0.05, 0) is 52.6 Å². The molecule has 0 saturated heterocycles. The van der Waals surface area contributed by atoms with Gasteiger partial charge < -0.3 is 10.1 Å². The normalized spacial score (nSPS) is 12.0. The molecule has 0 bridgehead atoms. The monoisotopic (exact) mass is 387 g/mol. The molecule has 0 radical (unpaired) electrons. The lowest BCUT2D eigenvalue weighted by atomic mass is 9.80. The van der Waals surface area contributed by atoms with Crippen molar-refractivity contribution in [2.45, 2.75) is 59.3 Å². The van der Waals surface area contributed by atoms with Gasteiger partial charge >= 0.3 is 0 Å². The molecule has 2 rings (SSSR count). The van der Waals surface area contributed by atoms with E-state index in [4.69, 9.17) is 16.3 Å². The Labute approximate surface area is 168 Å². The molecule has 3 nitrogen and oxygen atoms in total. The molecular formula is C23H30ClNO2. The van der Waals surface area contributed by atoms with Crippen LogP contribution in [-0.2, 0) is 15.6 Å². The first-order chi connectivity index (χ1) is 12.4. The molecule has 0 unspecified atom stereocenters. The number of hydrogen-bond acceptors (Lipinski definition) is 2. The maximum absolute atomic E-state index is 12.3. The Morgan fingerprint density at radius 3 is 2.22 bits per heavy atom. The molecule has 27 heavy (non-hydrogen) atoms. The predicted octanol–water partition coefficient (Wildman–Crippen LogP) is 6.26. The molecule has 0 aliphatic rings. The van der Waals surface area contributed by atoms with Gasteiger partial charge in [0.1, 0.15) is 5.75 Å². The average Bonchev–Trinajstić information content (AvgIpc) is 2.54. The van der Waals surface area contributed by atoms with Crippen molar-refractivity contribution >= 4 is 23.2 Å². The summed E-state index contributed by atoms with van der Waals surface area (Å²) in [6, 6.07) is 11.7. The quantitative estimate of drug-likeness (QED) is 0.672. The number of halogens is 1. The van der Waals surface area contributed by atoms with Crippen LogP contribution in [0.4, 0.5) is 5.69 Å². The van der Waals surface area contributed by atoms with Crippen LogP contribution in [0.25, 0.3) is 0 Å². The molecule has 4 heteroatoms. The lowest BCUT2D eigenvalue weighted by Gasteiger charge is -2.27. The number of aryl methyl sites for hydroxylation is 1. The van der Waals surface area contributed by atoms with Crippen LogP contribution in [-0.4, -0.2) is 12.5 Å². The van der Waals surface area contributed by atoms with Crippen molar-refractivity contribution < 1.29 is 9.53 Å². The van der Waals surface area contributed by atoms with E-state index in [1.165, 1.54) is 5.56 Å². The van der Waals surface area contributed by atoms with E-state index in [0.717, 1.165) is 16.9 Å². The summed E-state index contributed by atoms with van der Waals surface area (Å²) in [7, 11) is 0. The number of carbonyl (C=O) groups excluding carboxylic acids is 1. The van der Waals surface area contributed by atoms with E-state index in [1.807, 2.05) is 25.1 Å². The van der Waals surface area contributed by atoms with Gasteiger partial charge in [0.2, 0.25) is 0 Å². The number of ether oxygens (including phenoxy) is 1. The Morgan fingerprint density at radius 1 is 1.00 bits per heavy atom. The Kier molecular flexibility index (Phi) is 6.26. The summed E-state index contributed by atoms with van der Waals surface area (Å²) in [5.74, 6) is 0.530. The molecular weight excluding hydrogens is 358 g/mol. The smallest absolute Gasteiger partial charge is 0.262 e. The van der Waals surface area contributed by atoms with Crippen LogP contribution in [0.1, 0.15) is 58.2 Å². The largest absolute Gasteiger partial charge is 0.483 e. The molecule has 0 atom stereocenters. The topological polar surface area (TPSA) is 38.3 Å². The zero-order chi connectivity index (χ0) is 20.4. The van der Waals surface area contributed by atoms with Gasteiger partial charge in [0.15, 0.2) is 6.61 Å². The van der Waals surface area contributed by atoms with Crippen LogP contribution in [0.2, 0.25) is 5.02 Å². The lowest BCUT2D eigenvalue weighted by molar-refractivity contribution is -0.118. The number of hydrogen-bond donors (Lipinski definition) is 1. The van der Waals surface area contributed by atoms with E-state index in [-0.39, 0.29) is 23.3 Å². The number of rotatable bonds is 4. The lowest BCUT2D eigenvalue weighted by Crippen LogP contribution is -2.22. The van der Waals surface area contributed by atoms with E-state index in [9.17, 15) is 4.79 Å². The van der Waals surface area contributed by atoms with Gasteiger partial charge in [-0.1, -0.05) is 71.3 Å². The highest BCUT2D eigenvalue weighted by Gasteiger charge is 2.23. The van der Waals surface area contributed by atoms with Crippen molar-refractivity contribution in [1.82, 2.24) is 0 Å². The molecule has 0 aliphatic heterocycles. The molecule has 1 amide bonds. The number of anilines is 1. The van der Waals surface area contributed by atoms with Crippen molar-refractivity contribution in [3.63, 3.8) is 0 Å². The molecule has 0 heterocycles. The summed E-state index contributed by atoms with van der Waals surface area (Å²) in [5.41, 5.74) is 3.95. The third kappa shape index (κ3) is 5.74. The van der Waals surface area contributed by atoms with Gasteiger partial charge in [0.25, 0.3) is 5.91 Å². The van der Waals surface area contributed by atoms with Gasteiger partial charge in [-0.15, -0.1) is 0 Å². The summed E-state index contributed by atoms with van der Waals surface area (Å²) in [6.45, 7) is 14.9. The van der Waals surface area contributed by atoms with Crippen molar-refractivity contribution in [2.24, 2.45) is 0 Å². The molecule has 0 fully saturated rings. The summed E-state index contributed by atoms with van der Waals surface area (Å²) in [4.78, 5) is 12.3. The fourth-order valence-corrected chi connectivity index (χ4v) is 2.90. The van der Waals surface area contributed by atoms with Crippen LogP contribution in [0.5, 0.6) is 5.75 Å². The van der Waals surface area contributed by atoms with Crippen LogP contribution in [0.3, 0.4) is 0 Å². The van der Waals surface area contributed by atoms with Crippen LogP contribution in [0.15, 0.2) is 36.4 Å². The van der Waals surface area contributed by atoms with Gasteiger partial charge in [-0.3, -0.25) is 4.79 Å². The molecule has 146 valence electrons. The van der Waals surface area contributed by atoms with Crippen molar-refractivity contribution in [1.29, 1.82) is 0 Å². The second-order valence-electron chi connectivity index (χ2n) is 9.01. The van der Waals surface area contributed by atoms with E-state index < -0.39 is 0 Å². The minimum absolute atomic E-state index is 0.0521. The first kappa shape index (κ1) is 21.3. The molecule has 1 N–H and O–H groups in total. The molecule has 0 saturated carbocycles. The highest BCUT2D eigenvalue weighted by atomic mass is 35.5. The Hall–Kier alpha value is -2.00. The minimum atomic E-state index is -0.213. The first-order valence-corrected chi connectivity index (χ1v) is 9.59. The van der Waals surface area contributed by atoms with E-state index in [0.29, 0.717) is 10.7 Å². The second-order valence-corrected chi connectivity index (χ2v) is 9.42. The van der Waals surface area contributed by atoms with Crippen molar-refractivity contribution in [3.05, 3.63) is 58.1 Å². The van der Waals surface area contributed by atoms with Gasteiger partial charge in [0, 0.05) is 10.7 Å². The van der Waals surface area contributed by atoms with Gasteiger partial charge in [-0.25, -0.2) is 0 Å². The summed E-state index contributed by atoms with van der Waals surface area (Å²) >= 11 is 6.11. The summed E-state index contributed by atoms with van der Waals surface area (Å²) in [6.07, 6.45) is 0. The van der Waals surface area contributed by atoms with Crippen molar-refractivity contribution in [2.75, 3.05) is 11.9 Å². The first-order valence-electron chi connectivity index (χ1n) is 9.22. The predicted molar refractivity (Wildman–Crippen MR) is 114 cm³/mol. The third-order valence-corrected chi connectivity index (χ3v) is 4.88. The van der Waals surface area contributed by atoms with E-state index >= 15 is 0 Å². The van der Waals surface area contributed by atoms with Crippen molar-refractivity contribution in [3.8, 4) is 5.75 Å². The maximum Gasteiger partial charge on any atom is 0.262 e. The van der Waals surface area contributed by atoms with E-state index in [2.05, 4.69) is 59.0 Å². The Balaban J connectivity index is 2.14. The molecule has 0 aromatic heterocycles.